The Hall–Kier alpha value is -2.64. The number of halogens is 1. The highest BCUT2D eigenvalue weighted by atomic mass is 35.5. The van der Waals surface area contributed by atoms with Crippen molar-refractivity contribution in [2.45, 2.75) is 20.0 Å². The van der Waals surface area contributed by atoms with Gasteiger partial charge in [-0.05, 0) is 42.3 Å². The summed E-state index contributed by atoms with van der Waals surface area (Å²) in [5, 5.41) is 12.7. The van der Waals surface area contributed by atoms with Crippen LogP contribution in [0, 0.1) is 0 Å². The second-order valence-electron chi connectivity index (χ2n) is 5.59. The lowest BCUT2D eigenvalue weighted by Crippen LogP contribution is -2.12. The predicted molar refractivity (Wildman–Crippen MR) is 106 cm³/mol. The number of nitrogens with one attached hydrogen (secondary N) is 1. The van der Waals surface area contributed by atoms with Gasteiger partial charge in [0.2, 0.25) is 5.13 Å². The van der Waals surface area contributed by atoms with Crippen molar-refractivity contribution in [3.8, 4) is 11.5 Å². The van der Waals surface area contributed by atoms with Crippen LogP contribution < -0.4 is 14.8 Å². The number of benzene rings is 2. The topological polar surface area (TPSA) is 73.3 Å². The van der Waals surface area contributed by atoms with Gasteiger partial charge in [0.25, 0.3) is 5.91 Å². The highest BCUT2D eigenvalue weighted by Gasteiger charge is 2.13. The first-order chi connectivity index (χ1) is 13.1. The third-order valence-corrected chi connectivity index (χ3v) is 4.96. The second-order valence-corrected chi connectivity index (χ2v) is 7.09. The van der Waals surface area contributed by atoms with Crippen LogP contribution in [-0.4, -0.2) is 23.2 Å². The maximum atomic E-state index is 12.4. The van der Waals surface area contributed by atoms with Crippen LogP contribution in [0.2, 0.25) is 5.02 Å². The van der Waals surface area contributed by atoms with Crippen LogP contribution in [0.25, 0.3) is 0 Å². The summed E-state index contributed by atoms with van der Waals surface area (Å²) < 4.78 is 11.2. The zero-order chi connectivity index (χ0) is 19.2. The fourth-order valence-electron chi connectivity index (χ4n) is 2.29. The minimum atomic E-state index is -0.281. The lowest BCUT2D eigenvalue weighted by molar-refractivity contribution is 0.102. The van der Waals surface area contributed by atoms with Gasteiger partial charge in [0.15, 0.2) is 11.5 Å². The van der Waals surface area contributed by atoms with E-state index in [1.165, 1.54) is 18.4 Å². The zero-order valence-corrected chi connectivity index (χ0v) is 16.4. The van der Waals surface area contributed by atoms with Gasteiger partial charge in [0.05, 0.1) is 7.11 Å². The molecule has 6 nitrogen and oxygen atoms in total. The molecule has 140 valence electrons. The summed E-state index contributed by atoms with van der Waals surface area (Å²) in [6, 6.07) is 12.4. The summed E-state index contributed by atoms with van der Waals surface area (Å²) in [6.45, 7) is 2.35. The molecule has 0 spiro atoms. The van der Waals surface area contributed by atoms with Crippen molar-refractivity contribution in [3.63, 3.8) is 0 Å². The normalized spacial score (nSPS) is 10.5. The molecule has 0 radical (unpaired) electrons. The van der Waals surface area contributed by atoms with Gasteiger partial charge >= 0.3 is 0 Å². The molecule has 1 N–H and O–H groups in total. The van der Waals surface area contributed by atoms with Gasteiger partial charge in [-0.2, -0.15) is 0 Å². The minimum absolute atomic E-state index is 0.281. The average Bonchev–Trinajstić information content (AvgIpc) is 3.15. The minimum Gasteiger partial charge on any atom is -0.493 e. The van der Waals surface area contributed by atoms with Crippen LogP contribution in [-0.2, 0) is 13.0 Å². The Morgan fingerprint density at radius 3 is 2.59 bits per heavy atom. The maximum Gasteiger partial charge on any atom is 0.257 e. The van der Waals surface area contributed by atoms with Crippen molar-refractivity contribution >= 4 is 34.0 Å². The smallest absolute Gasteiger partial charge is 0.257 e. The number of carbonyl (C=O) groups excluding carboxylic acids is 1. The Morgan fingerprint density at radius 2 is 1.93 bits per heavy atom. The van der Waals surface area contributed by atoms with E-state index in [0.717, 1.165) is 17.0 Å². The number of carbonyl (C=O) groups is 1. The molecule has 0 bridgehead atoms. The van der Waals surface area contributed by atoms with Crippen molar-refractivity contribution in [2.24, 2.45) is 0 Å². The molecule has 0 atom stereocenters. The van der Waals surface area contributed by atoms with Crippen molar-refractivity contribution in [1.82, 2.24) is 10.2 Å². The molecule has 3 rings (SSSR count). The van der Waals surface area contributed by atoms with Gasteiger partial charge in [0, 0.05) is 10.6 Å². The summed E-state index contributed by atoms with van der Waals surface area (Å²) in [4.78, 5) is 12.4. The molecule has 3 aromatic rings. The van der Waals surface area contributed by atoms with Gasteiger partial charge in [-0.1, -0.05) is 42.0 Å². The van der Waals surface area contributed by atoms with E-state index in [1.54, 1.807) is 18.2 Å². The summed E-state index contributed by atoms with van der Waals surface area (Å²) >= 11 is 7.24. The molecular formula is C19H18ClN3O3S. The highest BCUT2D eigenvalue weighted by molar-refractivity contribution is 7.15. The van der Waals surface area contributed by atoms with Gasteiger partial charge in [-0.15, -0.1) is 10.2 Å². The number of anilines is 1. The zero-order valence-electron chi connectivity index (χ0n) is 14.9. The molecule has 8 heteroatoms. The summed E-state index contributed by atoms with van der Waals surface area (Å²) in [5.41, 5.74) is 1.42. The molecule has 2 aromatic carbocycles. The van der Waals surface area contributed by atoms with Gasteiger partial charge < -0.3 is 9.47 Å². The van der Waals surface area contributed by atoms with Crippen molar-refractivity contribution < 1.29 is 14.3 Å². The van der Waals surface area contributed by atoms with E-state index in [1.807, 2.05) is 31.2 Å². The molecule has 0 aliphatic rings. The lowest BCUT2D eigenvalue weighted by Gasteiger charge is -2.12. The molecule has 1 heterocycles. The number of amides is 1. The lowest BCUT2D eigenvalue weighted by atomic mass is 10.2. The largest absolute Gasteiger partial charge is 0.493 e. The maximum absolute atomic E-state index is 12.4. The first-order valence-corrected chi connectivity index (χ1v) is 9.47. The van der Waals surface area contributed by atoms with E-state index in [-0.39, 0.29) is 5.91 Å². The van der Waals surface area contributed by atoms with Crippen LogP contribution in [0.4, 0.5) is 5.13 Å². The Labute approximate surface area is 166 Å². The molecule has 1 aromatic heterocycles. The third-order valence-electron chi connectivity index (χ3n) is 3.72. The predicted octanol–water partition coefficient (Wildman–Crippen LogP) is 4.59. The monoisotopic (exact) mass is 403 g/mol. The van der Waals surface area contributed by atoms with Crippen LogP contribution >= 0.6 is 22.9 Å². The molecule has 1 amide bonds. The summed E-state index contributed by atoms with van der Waals surface area (Å²) in [5.74, 6) is 0.743. The fourth-order valence-corrected chi connectivity index (χ4v) is 3.09. The quantitative estimate of drug-likeness (QED) is 0.624. The fraction of sp³-hybridized carbons (Fsp3) is 0.211. The van der Waals surface area contributed by atoms with Crippen LogP contribution in [0.1, 0.15) is 27.9 Å². The standard InChI is InChI=1S/C19H18ClN3O3S/c1-3-17-22-23-19(27-17)21-18(24)13-6-9-15(16(10-13)25-2)26-11-12-4-7-14(20)8-5-12/h4-10H,3,11H2,1-2H3,(H,21,23,24). The Morgan fingerprint density at radius 1 is 1.15 bits per heavy atom. The summed E-state index contributed by atoms with van der Waals surface area (Å²) in [7, 11) is 1.53. The number of ether oxygens (including phenoxy) is 2. The molecule has 0 saturated heterocycles. The molecule has 0 aliphatic carbocycles. The number of aromatic nitrogens is 2. The third kappa shape index (κ3) is 4.96. The van der Waals surface area contributed by atoms with E-state index < -0.39 is 0 Å². The molecule has 0 unspecified atom stereocenters. The van der Waals surface area contributed by atoms with E-state index in [4.69, 9.17) is 21.1 Å². The number of rotatable bonds is 7. The molecule has 0 saturated carbocycles. The Balaban J connectivity index is 1.69. The van der Waals surface area contributed by atoms with Gasteiger partial charge in [-0.25, -0.2) is 0 Å². The second kappa shape index (κ2) is 8.83. The van der Waals surface area contributed by atoms with Crippen molar-refractivity contribution in [2.75, 3.05) is 12.4 Å². The number of hydrogen-bond donors (Lipinski definition) is 1. The first kappa shape index (κ1) is 19.1. The SMILES string of the molecule is CCc1nnc(NC(=O)c2ccc(OCc3ccc(Cl)cc3)c(OC)c2)s1. The van der Waals surface area contributed by atoms with E-state index >= 15 is 0 Å². The summed E-state index contributed by atoms with van der Waals surface area (Å²) in [6.07, 6.45) is 0.779. The molecule has 0 fully saturated rings. The van der Waals surface area contributed by atoms with Crippen LogP contribution in [0.15, 0.2) is 42.5 Å². The Kier molecular flexibility index (Phi) is 6.26. The van der Waals surface area contributed by atoms with Crippen LogP contribution in [0.3, 0.4) is 0 Å². The highest BCUT2D eigenvalue weighted by Crippen LogP contribution is 2.29. The first-order valence-electron chi connectivity index (χ1n) is 8.28. The van der Waals surface area contributed by atoms with E-state index in [9.17, 15) is 4.79 Å². The van der Waals surface area contributed by atoms with E-state index in [2.05, 4.69) is 15.5 Å². The number of hydrogen-bond acceptors (Lipinski definition) is 6. The van der Waals surface area contributed by atoms with Crippen molar-refractivity contribution in [3.05, 3.63) is 63.6 Å². The van der Waals surface area contributed by atoms with Crippen molar-refractivity contribution in [1.29, 1.82) is 0 Å². The molecule has 27 heavy (non-hydrogen) atoms. The molecule has 0 aliphatic heterocycles. The Bertz CT molecular complexity index is 928. The van der Waals surface area contributed by atoms with Gasteiger partial charge in [0.1, 0.15) is 11.6 Å². The number of methoxy groups -OCH3 is 1. The van der Waals surface area contributed by atoms with Gasteiger partial charge in [-0.3, -0.25) is 10.1 Å². The molecular weight excluding hydrogens is 386 g/mol. The van der Waals surface area contributed by atoms with Crippen LogP contribution in [0.5, 0.6) is 11.5 Å². The van der Waals surface area contributed by atoms with E-state index in [0.29, 0.717) is 33.8 Å². The average molecular weight is 404 g/mol. The number of aryl methyl sites for hydroxylation is 1. The number of nitrogens with zero attached hydrogens (tertiary/aromatic N) is 2.